The zero-order chi connectivity index (χ0) is 22.1. The summed E-state index contributed by atoms with van der Waals surface area (Å²) in [5, 5.41) is 9.24. The van der Waals surface area contributed by atoms with Gasteiger partial charge in [-0.1, -0.05) is 12.1 Å². The lowest BCUT2D eigenvalue weighted by molar-refractivity contribution is 0.102. The fourth-order valence-electron chi connectivity index (χ4n) is 3.80. The lowest BCUT2D eigenvalue weighted by Gasteiger charge is -2.30. The van der Waals surface area contributed by atoms with Crippen LogP contribution in [-0.4, -0.2) is 22.2 Å². The summed E-state index contributed by atoms with van der Waals surface area (Å²) in [7, 11) is 0. The van der Waals surface area contributed by atoms with Crippen LogP contribution in [-0.2, 0) is 13.0 Å². The fourth-order valence-corrected chi connectivity index (χ4v) is 4.68. The van der Waals surface area contributed by atoms with E-state index >= 15 is 0 Å². The third-order valence-corrected chi connectivity index (χ3v) is 6.43. The molecule has 0 bridgehead atoms. The maximum atomic E-state index is 13.2. The number of para-hydroxylation sites is 2. The monoisotopic (exact) mass is 446 g/mol. The Morgan fingerprint density at radius 1 is 1.03 bits per heavy atom. The molecule has 5 rings (SSSR count). The van der Waals surface area contributed by atoms with Crippen molar-refractivity contribution in [1.82, 2.24) is 9.78 Å². The van der Waals surface area contributed by atoms with Gasteiger partial charge in [0.2, 0.25) is 0 Å². The highest BCUT2D eigenvalue weighted by atomic mass is 32.1. The normalized spacial score (nSPS) is 13.0. The second-order valence-electron chi connectivity index (χ2n) is 7.46. The number of hydrogen-bond donors (Lipinski definition) is 1. The van der Waals surface area contributed by atoms with Crippen LogP contribution in [0.5, 0.6) is 0 Å². The van der Waals surface area contributed by atoms with E-state index in [1.54, 1.807) is 11.3 Å². The van der Waals surface area contributed by atoms with Crippen LogP contribution in [0.2, 0.25) is 0 Å². The van der Waals surface area contributed by atoms with Gasteiger partial charge in [-0.2, -0.15) is 9.78 Å². The van der Waals surface area contributed by atoms with Gasteiger partial charge in [0.15, 0.2) is 0 Å². The van der Waals surface area contributed by atoms with Gasteiger partial charge in [-0.05, 0) is 65.9 Å². The van der Waals surface area contributed by atoms with E-state index < -0.39 is 17.3 Å². The minimum Gasteiger partial charge on any atom is -0.365 e. The second-order valence-corrected chi connectivity index (χ2v) is 8.46. The van der Waals surface area contributed by atoms with Gasteiger partial charge < -0.3 is 10.2 Å². The van der Waals surface area contributed by atoms with Crippen molar-refractivity contribution < 1.29 is 9.18 Å². The molecule has 0 radical (unpaired) electrons. The summed E-state index contributed by atoms with van der Waals surface area (Å²) < 4.78 is 14.3. The molecule has 0 unspecified atom stereocenters. The predicted molar refractivity (Wildman–Crippen MR) is 123 cm³/mol. The van der Waals surface area contributed by atoms with Crippen LogP contribution in [0.3, 0.4) is 0 Å². The number of halogens is 1. The summed E-state index contributed by atoms with van der Waals surface area (Å²) in [6.07, 6.45) is 0.972. The van der Waals surface area contributed by atoms with Crippen molar-refractivity contribution in [2.24, 2.45) is 0 Å². The molecule has 1 N–H and O–H groups in total. The van der Waals surface area contributed by atoms with E-state index in [4.69, 9.17) is 0 Å². The molecule has 3 heterocycles. The van der Waals surface area contributed by atoms with E-state index in [0.29, 0.717) is 11.4 Å². The van der Waals surface area contributed by atoms with Gasteiger partial charge in [0.25, 0.3) is 11.5 Å². The average Bonchev–Trinajstić information content (AvgIpc) is 3.28. The number of anilines is 2. The highest BCUT2D eigenvalue weighted by molar-refractivity contribution is 7.10. The summed E-state index contributed by atoms with van der Waals surface area (Å²) in [5.41, 5.74) is 2.99. The highest BCUT2D eigenvalue weighted by Crippen LogP contribution is 2.32. The summed E-state index contributed by atoms with van der Waals surface area (Å²) in [5.74, 6) is -0.846. The van der Waals surface area contributed by atoms with Crippen molar-refractivity contribution in [2.45, 2.75) is 13.0 Å². The molecule has 32 heavy (non-hydrogen) atoms. The molecular weight excluding hydrogens is 427 g/mol. The smallest absolute Gasteiger partial charge is 0.276 e. The molecule has 8 heteroatoms. The number of nitrogens with one attached hydrogen (secondary N) is 1. The van der Waals surface area contributed by atoms with Crippen molar-refractivity contribution in [3.8, 4) is 5.69 Å². The van der Waals surface area contributed by atoms with Gasteiger partial charge in [0.05, 0.1) is 17.1 Å². The van der Waals surface area contributed by atoms with E-state index in [9.17, 15) is 14.0 Å². The third-order valence-electron chi connectivity index (χ3n) is 5.40. The summed E-state index contributed by atoms with van der Waals surface area (Å²) >= 11 is 1.78. The first-order valence-corrected chi connectivity index (χ1v) is 11.0. The largest absolute Gasteiger partial charge is 0.365 e. The number of fused-ring (bicyclic) bond motifs is 1. The van der Waals surface area contributed by atoms with Crippen LogP contribution in [0.1, 0.15) is 20.9 Å². The first-order chi connectivity index (χ1) is 15.6. The van der Waals surface area contributed by atoms with E-state index in [0.717, 1.165) is 29.9 Å². The molecule has 0 atom stereocenters. The number of aromatic nitrogens is 2. The Labute approximate surface area is 187 Å². The fraction of sp³-hybridized carbons (Fsp3) is 0.125. The zero-order valence-electron chi connectivity index (χ0n) is 17.0. The predicted octanol–water partition coefficient (Wildman–Crippen LogP) is 4.25. The first-order valence-electron chi connectivity index (χ1n) is 10.2. The summed E-state index contributed by atoms with van der Waals surface area (Å²) in [4.78, 5) is 28.9. The Kier molecular flexibility index (Phi) is 5.28. The lowest BCUT2D eigenvalue weighted by Crippen LogP contribution is -2.30. The van der Waals surface area contributed by atoms with Crippen LogP contribution >= 0.6 is 11.3 Å². The maximum absolute atomic E-state index is 13.2. The Morgan fingerprint density at radius 3 is 2.69 bits per heavy atom. The number of carbonyl (C=O) groups excluding carboxylic acids is 1. The minimum atomic E-state index is -0.429. The lowest BCUT2D eigenvalue weighted by atomic mass is 10.1. The van der Waals surface area contributed by atoms with Crippen molar-refractivity contribution in [3.05, 3.63) is 104 Å². The van der Waals surface area contributed by atoms with Crippen LogP contribution in [0.25, 0.3) is 5.69 Å². The molecule has 1 amide bonds. The molecule has 160 valence electrons. The molecule has 2 aromatic heterocycles. The molecule has 0 saturated carbocycles. The quantitative estimate of drug-likeness (QED) is 0.509. The molecular formula is C24H19FN4O2S. The molecule has 4 aromatic rings. The number of rotatable bonds is 4. The molecule has 1 aliphatic rings. The van der Waals surface area contributed by atoms with Crippen LogP contribution in [0.15, 0.2) is 76.9 Å². The average molecular weight is 447 g/mol. The molecule has 0 fully saturated rings. The highest BCUT2D eigenvalue weighted by Gasteiger charge is 2.21. The van der Waals surface area contributed by atoms with Gasteiger partial charge in [-0.25, -0.2) is 4.39 Å². The topological polar surface area (TPSA) is 67.2 Å². The van der Waals surface area contributed by atoms with E-state index in [2.05, 4.69) is 26.8 Å². The summed E-state index contributed by atoms with van der Waals surface area (Å²) in [6.45, 7) is 1.66. The molecule has 6 nitrogen and oxygen atoms in total. The molecule has 0 aliphatic carbocycles. The minimum absolute atomic E-state index is 0.0856. The van der Waals surface area contributed by atoms with Gasteiger partial charge in [-0.3, -0.25) is 9.59 Å². The Bertz CT molecular complexity index is 1350. The number of hydrogen-bond acceptors (Lipinski definition) is 5. The van der Waals surface area contributed by atoms with Gasteiger partial charge in [0.1, 0.15) is 11.5 Å². The molecule has 0 spiro atoms. The first kappa shape index (κ1) is 20.1. The third kappa shape index (κ3) is 3.92. The van der Waals surface area contributed by atoms with Gasteiger partial charge >= 0.3 is 0 Å². The number of thiophene rings is 1. The number of nitrogens with zero attached hydrogens (tertiary/aromatic N) is 3. The van der Waals surface area contributed by atoms with Crippen LogP contribution in [0, 0.1) is 5.82 Å². The van der Waals surface area contributed by atoms with Crippen molar-refractivity contribution in [3.63, 3.8) is 0 Å². The Balaban J connectivity index is 1.41. The number of benzene rings is 2. The molecule has 0 saturated heterocycles. The maximum Gasteiger partial charge on any atom is 0.276 e. The molecule has 2 aromatic carbocycles. The zero-order valence-corrected chi connectivity index (χ0v) is 17.8. The van der Waals surface area contributed by atoms with Gasteiger partial charge in [-0.15, -0.1) is 11.3 Å². The van der Waals surface area contributed by atoms with Crippen LogP contribution in [0.4, 0.5) is 15.8 Å². The van der Waals surface area contributed by atoms with Crippen molar-refractivity contribution in [2.75, 3.05) is 16.8 Å². The van der Waals surface area contributed by atoms with Gasteiger partial charge in [0, 0.05) is 24.0 Å². The number of carbonyl (C=O) groups is 1. The van der Waals surface area contributed by atoms with E-state index in [1.165, 1.54) is 46.8 Å². The van der Waals surface area contributed by atoms with Crippen molar-refractivity contribution >= 4 is 28.6 Å². The van der Waals surface area contributed by atoms with E-state index in [-0.39, 0.29) is 5.69 Å². The Hall–Kier alpha value is -3.78. The molecule has 1 aliphatic heterocycles. The second kappa shape index (κ2) is 8.39. The van der Waals surface area contributed by atoms with E-state index in [1.807, 2.05) is 24.3 Å². The standard InChI is InChI=1S/C24H19FN4O2S/c25-17-5-7-18(8-6-17)29-23(30)10-9-20(27-29)24(31)26-19-3-1-2-4-21(19)28-13-11-22-16(15-28)12-14-32-22/h1-10,12,14H,11,13,15H2,(H,26,31). The number of amides is 1. The SMILES string of the molecule is O=C(Nc1ccccc1N1CCc2sccc2C1)c1ccc(=O)n(-c2ccc(F)cc2)n1. The van der Waals surface area contributed by atoms with Crippen molar-refractivity contribution in [1.29, 1.82) is 0 Å². The Morgan fingerprint density at radius 2 is 1.84 bits per heavy atom. The summed E-state index contributed by atoms with van der Waals surface area (Å²) in [6, 6.07) is 17.8. The van der Waals surface area contributed by atoms with Crippen LogP contribution < -0.4 is 15.8 Å².